The van der Waals surface area contributed by atoms with Crippen molar-refractivity contribution < 1.29 is 9.32 Å². The fourth-order valence-electron chi connectivity index (χ4n) is 3.21. The number of anilines is 1. The van der Waals surface area contributed by atoms with E-state index >= 15 is 0 Å². The van der Waals surface area contributed by atoms with Crippen molar-refractivity contribution in [3.05, 3.63) is 30.0 Å². The van der Waals surface area contributed by atoms with Crippen LogP contribution in [0.25, 0.3) is 0 Å². The average molecular weight is 346 g/mol. The fraction of sp³-hybridized carbons (Fsp3) is 0.588. The molecule has 3 heterocycles. The molecule has 0 aliphatic carbocycles. The molecule has 1 aliphatic rings. The van der Waals surface area contributed by atoms with E-state index in [4.69, 9.17) is 4.52 Å². The summed E-state index contributed by atoms with van der Waals surface area (Å²) < 4.78 is 7.20. The third kappa shape index (κ3) is 4.46. The molecule has 136 valence electrons. The van der Waals surface area contributed by atoms with Gasteiger partial charge in [0.1, 0.15) is 5.82 Å². The molecule has 0 spiro atoms. The second-order valence-electron chi connectivity index (χ2n) is 6.56. The molecule has 25 heavy (non-hydrogen) atoms. The Morgan fingerprint density at radius 1 is 1.44 bits per heavy atom. The van der Waals surface area contributed by atoms with Gasteiger partial charge in [-0.15, -0.1) is 0 Å². The number of aryl methyl sites for hydroxylation is 2. The van der Waals surface area contributed by atoms with Gasteiger partial charge in [-0.1, -0.05) is 5.16 Å². The summed E-state index contributed by atoms with van der Waals surface area (Å²) in [5, 5.41) is 6.52. The Balaban J connectivity index is 1.48. The maximum absolute atomic E-state index is 12.2. The Labute approximate surface area is 147 Å². The van der Waals surface area contributed by atoms with Gasteiger partial charge in [-0.3, -0.25) is 19.9 Å². The van der Waals surface area contributed by atoms with Crippen molar-refractivity contribution in [1.29, 1.82) is 0 Å². The van der Waals surface area contributed by atoms with Crippen molar-refractivity contribution in [3.63, 3.8) is 0 Å². The molecule has 0 aromatic carbocycles. The lowest BCUT2D eigenvalue weighted by Gasteiger charge is -2.39. The Bertz CT molecular complexity index is 710. The van der Waals surface area contributed by atoms with Crippen LogP contribution in [0.4, 0.5) is 5.88 Å². The number of imidazole rings is 1. The summed E-state index contributed by atoms with van der Waals surface area (Å²) in [6.45, 7) is 10.9. The van der Waals surface area contributed by atoms with Gasteiger partial charge < -0.3 is 9.09 Å². The number of nitrogens with zero attached hydrogens (tertiary/aromatic N) is 5. The minimum atomic E-state index is -0.0710. The first-order valence-electron chi connectivity index (χ1n) is 8.74. The molecule has 1 amide bonds. The first-order chi connectivity index (χ1) is 12.0. The highest BCUT2D eigenvalue weighted by atomic mass is 16.5. The quantitative estimate of drug-likeness (QED) is 0.850. The number of rotatable bonds is 6. The summed E-state index contributed by atoms with van der Waals surface area (Å²) in [4.78, 5) is 21.2. The molecule has 8 nitrogen and oxygen atoms in total. The van der Waals surface area contributed by atoms with Crippen molar-refractivity contribution in [2.45, 2.75) is 39.9 Å². The predicted molar refractivity (Wildman–Crippen MR) is 94.1 cm³/mol. The van der Waals surface area contributed by atoms with Crippen LogP contribution in [0, 0.1) is 6.92 Å². The fourth-order valence-corrected chi connectivity index (χ4v) is 3.21. The van der Waals surface area contributed by atoms with Crippen LogP contribution in [0.5, 0.6) is 0 Å². The standard InChI is InChI=1S/C17H26N6O2/c1-4-22-6-5-18-15(22)11-23-8-7-21(10-14(23)3)12-16(24)19-17-9-13(2)20-25-17/h5-6,9,14H,4,7-8,10-12H2,1-3H3,(H,19,24)/t14-/m0/s1. The highest BCUT2D eigenvalue weighted by Crippen LogP contribution is 2.14. The van der Waals surface area contributed by atoms with Gasteiger partial charge in [0.25, 0.3) is 0 Å². The Morgan fingerprint density at radius 2 is 2.28 bits per heavy atom. The van der Waals surface area contributed by atoms with Gasteiger partial charge in [-0.05, 0) is 20.8 Å². The SMILES string of the molecule is CCn1ccnc1CN1CCN(CC(=O)Nc2cc(C)no2)C[C@@H]1C. The zero-order chi connectivity index (χ0) is 17.8. The van der Waals surface area contributed by atoms with Gasteiger partial charge >= 0.3 is 0 Å². The number of carbonyl (C=O) groups is 1. The van der Waals surface area contributed by atoms with E-state index in [1.165, 1.54) is 0 Å². The van der Waals surface area contributed by atoms with Gasteiger partial charge in [0.2, 0.25) is 11.8 Å². The van der Waals surface area contributed by atoms with Gasteiger partial charge in [0.05, 0.1) is 18.8 Å². The molecule has 3 rings (SSSR count). The van der Waals surface area contributed by atoms with E-state index in [2.05, 4.69) is 43.7 Å². The van der Waals surface area contributed by atoms with E-state index < -0.39 is 0 Å². The van der Waals surface area contributed by atoms with Gasteiger partial charge in [0, 0.05) is 50.7 Å². The molecule has 0 saturated carbocycles. The number of amides is 1. The van der Waals surface area contributed by atoms with Gasteiger partial charge in [-0.25, -0.2) is 4.98 Å². The molecule has 0 unspecified atom stereocenters. The van der Waals surface area contributed by atoms with Crippen LogP contribution in [-0.4, -0.2) is 62.6 Å². The van der Waals surface area contributed by atoms with Crippen molar-refractivity contribution in [2.24, 2.45) is 0 Å². The second-order valence-corrected chi connectivity index (χ2v) is 6.56. The van der Waals surface area contributed by atoms with E-state index in [0.717, 1.165) is 44.2 Å². The Morgan fingerprint density at radius 3 is 2.96 bits per heavy atom. The molecule has 2 aromatic heterocycles. The van der Waals surface area contributed by atoms with Crippen molar-refractivity contribution in [2.75, 3.05) is 31.5 Å². The summed E-state index contributed by atoms with van der Waals surface area (Å²) in [7, 11) is 0. The third-order valence-electron chi connectivity index (χ3n) is 4.59. The molecule has 1 N–H and O–H groups in total. The molecule has 1 atom stereocenters. The number of aromatic nitrogens is 3. The molecule has 1 aliphatic heterocycles. The number of nitrogens with one attached hydrogen (secondary N) is 1. The van der Waals surface area contributed by atoms with Crippen LogP contribution in [0.2, 0.25) is 0 Å². The average Bonchev–Trinajstić information content (AvgIpc) is 3.18. The van der Waals surface area contributed by atoms with Crippen molar-refractivity contribution in [3.8, 4) is 0 Å². The molecule has 2 aromatic rings. The maximum Gasteiger partial charge on any atom is 0.240 e. The van der Waals surface area contributed by atoms with Gasteiger partial charge in [0.15, 0.2) is 0 Å². The normalized spacial score (nSPS) is 19.2. The van der Waals surface area contributed by atoms with E-state index in [-0.39, 0.29) is 5.91 Å². The lowest BCUT2D eigenvalue weighted by atomic mass is 10.2. The van der Waals surface area contributed by atoms with E-state index in [1.807, 2.05) is 19.3 Å². The van der Waals surface area contributed by atoms with Crippen LogP contribution >= 0.6 is 0 Å². The zero-order valence-corrected chi connectivity index (χ0v) is 15.1. The van der Waals surface area contributed by atoms with E-state index in [9.17, 15) is 4.79 Å². The lowest BCUT2D eigenvalue weighted by Crippen LogP contribution is -2.53. The van der Waals surface area contributed by atoms with Crippen LogP contribution in [-0.2, 0) is 17.9 Å². The summed E-state index contributed by atoms with van der Waals surface area (Å²) in [5.41, 5.74) is 0.753. The summed E-state index contributed by atoms with van der Waals surface area (Å²) in [6.07, 6.45) is 3.88. The summed E-state index contributed by atoms with van der Waals surface area (Å²) in [6, 6.07) is 2.09. The highest BCUT2D eigenvalue weighted by molar-refractivity contribution is 5.90. The first-order valence-corrected chi connectivity index (χ1v) is 8.74. The highest BCUT2D eigenvalue weighted by Gasteiger charge is 2.26. The first kappa shape index (κ1) is 17.6. The lowest BCUT2D eigenvalue weighted by molar-refractivity contribution is -0.118. The van der Waals surface area contributed by atoms with Crippen LogP contribution in [0.3, 0.4) is 0 Å². The molecule has 0 bridgehead atoms. The number of hydrogen-bond donors (Lipinski definition) is 1. The molecule has 8 heteroatoms. The number of piperazine rings is 1. The molecule has 0 radical (unpaired) electrons. The van der Waals surface area contributed by atoms with Crippen LogP contribution in [0.15, 0.2) is 23.0 Å². The molecule has 1 fully saturated rings. The minimum Gasteiger partial charge on any atom is -0.338 e. The zero-order valence-electron chi connectivity index (χ0n) is 15.1. The monoisotopic (exact) mass is 346 g/mol. The topological polar surface area (TPSA) is 79.4 Å². The van der Waals surface area contributed by atoms with Crippen LogP contribution in [0.1, 0.15) is 25.4 Å². The van der Waals surface area contributed by atoms with E-state index in [0.29, 0.717) is 18.5 Å². The van der Waals surface area contributed by atoms with E-state index in [1.54, 1.807) is 6.07 Å². The Hall–Kier alpha value is -2.19. The smallest absolute Gasteiger partial charge is 0.240 e. The van der Waals surface area contributed by atoms with Gasteiger partial charge in [-0.2, -0.15) is 0 Å². The molecular formula is C17H26N6O2. The van der Waals surface area contributed by atoms with Crippen molar-refractivity contribution in [1.82, 2.24) is 24.5 Å². The van der Waals surface area contributed by atoms with Crippen LogP contribution < -0.4 is 5.32 Å². The second kappa shape index (κ2) is 7.79. The summed E-state index contributed by atoms with van der Waals surface area (Å²) >= 11 is 0. The maximum atomic E-state index is 12.2. The number of carbonyl (C=O) groups excluding carboxylic acids is 1. The summed E-state index contributed by atoms with van der Waals surface area (Å²) in [5.74, 6) is 1.43. The minimum absolute atomic E-state index is 0.0710. The molecule has 1 saturated heterocycles. The molecular weight excluding hydrogens is 320 g/mol. The largest absolute Gasteiger partial charge is 0.338 e. The third-order valence-corrected chi connectivity index (χ3v) is 4.59. The predicted octanol–water partition coefficient (Wildman–Crippen LogP) is 1.34. The number of hydrogen-bond acceptors (Lipinski definition) is 6. The Kier molecular flexibility index (Phi) is 5.50. The van der Waals surface area contributed by atoms with Crippen molar-refractivity contribution >= 4 is 11.8 Å².